The Bertz CT molecular complexity index is 543. The van der Waals surface area contributed by atoms with Crippen molar-refractivity contribution in [2.75, 3.05) is 26.4 Å². The first-order chi connectivity index (χ1) is 9.99. The summed E-state index contributed by atoms with van der Waals surface area (Å²) in [4.78, 5) is 24.5. The van der Waals surface area contributed by atoms with Crippen LogP contribution in [0.3, 0.4) is 0 Å². The number of carboxylic acid groups (broad SMARTS) is 1. The quantitative estimate of drug-likeness (QED) is 0.896. The first-order valence-electron chi connectivity index (χ1n) is 6.79. The van der Waals surface area contributed by atoms with Gasteiger partial charge in [0.1, 0.15) is 5.75 Å². The molecular formula is C15H19NO5. The van der Waals surface area contributed by atoms with Crippen LogP contribution >= 0.6 is 0 Å². The van der Waals surface area contributed by atoms with E-state index in [1.165, 1.54) is 4.90 Å². The number of hydrogen-bond acceptors (Lipinski definition) is 4. The van der Waals surface area contributed by atoms with Crippen LogP contribution in [0.25, 0.3) is 0 Å². The maximum absolute atomic E-state index is 12.1. The molecule has 0 aromatic heterocycles. The smallest absolute Gasteiger partial charge is 0.328 e. The summed E-state index contributed by atoms with van der Waals surface area (Å²) < 4.78 is 10.6. The van der Waals surface area contributed by atoms with Crippen LogP contribution in [0.5, 0.6) is 5.75 Å². The molecule has 0 radical (unpaired) electrons. The molecule has 0 bridgehead atoms. The van der Waals surface area contributed by atoms with Crippen LogP contribution < -0.4 is 4.74 Å². The Morgan fingerprint density at radius 3 is 2.81 bits per heavy atom. The third-order valence-corrected chi connectivity index (χ3v) is 3.57. The number of aryl methyl sites for hydroxylation is 2. The largest absolute Gasteiger partial charge is 0.484 e. The van der Waals surface area contributed by atoms with Crippen molar-refractivity contribution in [2.24, 2.45) is 0 Å². The molecule has 1 aliphatic rings. The highest BCUT2D eigenvalue weighted by molar-refractivity contribution is 5.84. The van der Waals surface area contributed by atoms with Crippen LogP contribution in [-0.2, 0) is 14.3 Å². The molecule has 0 spiro atoms. The summed E-state index contributed by atoms with van der Waals surface area (Å²) in [6, 6.07) is 4.64. The first-order valence-corrected chi connectivity index (χ1v) is 6.79. The van der Waals surface area contributed by atoms with E-state index in [9.17, 15) is 9.59 Å². The Morgan fingerprint density at radius 2 is 2.14 bits per heavy atom. The molecule has 2 rings (SSSR count). The van der Waals surface area contributed by atoms with Crippen LogP contribution in [0.4, 0.5) is 0 Å². The van der Waals surface area contributed by atoms with E-state index >= 15 is 0 Å². The number of nitrogens with zero attached hydrogens (tertiary/aromatic N) is 1. The highest BCUT2D eigenvalue weighted by atomic mass is 16.5. The monoisotopic (exact) mass is 293 g/mol. The molecule has 1 fully saturated rings. The standard InChI is InChI=1S/C15H19NO5/c1-10-3-4-12(7-11(10)2)21-9-14(17)16-5-6-20-8-13(16)15(18)19/h3-4,7,13H,5-6,8-9H2,1-2H3,(H,18,19)/t13-/m0/s1. The van der Waals surface area contributed by atoms with Crippen molar-refractivity contribution in [2.45, 2.75) is 19.9 Å². The highest BCUT2D eigenvalue weighted by Gasteiger charge is 2.32. The lowest BCUT2D eigenvalue weighted by Crippen LogP contribution is -2.53. The molecule has 1 saturated heterocycles. The molecule has 1 amide bonds. The molecule has 21 heavy (non-hydrogen) atoms. The van der Waals surface area contributed by atoms with E-state index in [4.69, 9.17) is 14.6 Å². The van der Waals surface area contributed by atoms with Crippen molar-refractivity contribution in [3.05, 3.63) is 29.3 Å². The molecule has 0 aliphatic carbocycles. The third kappa shape index (κ3) is 3.72. The summed E-state index contributed by atoms with van der Waals surface area (Å²) in [6.45, 7) is 4.42. The summed E-state index contributed by atoms with van der Waals surface area (Å²) in [5.74, 6) is -0.801. The summed E-state index contributed by atoms with van der Waals surface area (Å²) in [5.41, 5.74) is 2.22. The topological polar surface area (TPSA) is 76.1 Å². The molecule has 114 valence electrons. The van der Waals surface area contributed by atoms with E-state index in [2.05, 4.69) is 0 Å². The first kappa shape index (κ1) is 15.3. The highest BCUT2D eigenvalue weighted by Crippen LogP contribution is 2.17. The van der Waals surface area contributed by atoms with Gasteiger partial charge in [0.25, 0.3) is 5.91 Å². The number of rotatable bonds is 4. The zero-order chi connectivity index (χ0) is 15.4. The van der Waals surface area contributed by atoms with Gasteiger partial charge >= 0.3 is 5.97 Å². The van der Waals surface area contributed by atoms with Gasteiger partial charge in [0, 0.05) is 6.54 Å². The summed E-state index contributed by atoms with van der Waals surface area (Å²) >= 11 is 0. The van der Waals surface area contributed by atoms with Crippen LogP contribution in [0.2, 0.25) is 0 Å². The molecule has 0 saturated carbocycles. The molecule has 1 aromatic carbocycles. The summed E-state index contributed by atoms with van der Waals surface area (Å²) in [7, 11) is 0. The van der Waals surface area contributed by atoms with E-state index in [-0.39, 0.29) is 25.7 Å². The minimum atomic E-state index is -1.06. The lowest BCUT2D eigenvalue weighted by atomic mass is 10.1. The number of ether oxygens (including phenoxy) is 2. The normalized spacial score (nSPS) is 18.4. The second kappa shape index (κ2) is 6.58. The van der Waals surface area contributed by atoms with E-state index in [0.29, 0.717) is 12.4 Å². The van der Waals surface area contributed by atoms with Crippen LogP contribution in [0.15, 0.2) is 18.2 Å². The Morgan fingerprint density at radius 1 is 1.38 bits per heavy atom. The molecule has 1 N–H and O–H groups in total. The molecule has 1 aromatic rings. The van der Waals surface area contributed by atoms with Gasteiger partial charge in [0.05, 0.1) is 13.2 Å². The van der Waals surface area contributed by atoms with Crippen molar-refractivity contribution < 1.29 is 24.2 Å². The van der Waals surface area contributed by atoms with Crippen molar-refractivity contribution in [3.63, 3.8) is 0 Å². The maximum atomic E-state index is 12.1. The van der Waals surface area contributed by atoms with Crippen LogP contribution in [0.1, 0.15) is 11.1 Å². The molecule has 6 heteroatoms. The van der Waals surface area contributed by atoms with Gasteiger partial charge in [-0.15, -0.1) is 0 Å². The van der Waals surface area contributed by atoms with Crippen LogP contribution in [-0.4, -0.2) is 54.3 Å². The lowest BCUT2D eigenvalue weighted by Gasteiger charge is -2.32. The minimum absolute atomic E-state index is 0.0186. The molecule has 1 aliphatic heterocycles. The number of carbonyl (C=O) groups is 2. The SMILES string of the molecule is Cc1ccc(OCC(=O)N2CCOC[C@H]2C(=O)O)cc1C. The zero-order valence-corrected chi connectivity index (χ0v) is 12.2. The molecule has 1 heterocycles. The van der Waals surface area contributed by atoms with Gasteiger partial charge in [-0.1, -0.05) is 6.07 Å². The Hall–Kier alpha value is -2.08. The summed E-state index contributed by atoms with van der Waals surface area (Å²) in [6.07, 6.45) is 0. The third-order valence-electron chi connectivity index (χ3n) is 3.57. The average molecular weight is 293 g/mol. The fraction of sp³-hybridized carbons (Fsp3) is 0.467. The van der Waals surface area contributed by atoms with E-state index in [1.807, 2.05) is 26.0 Å². The van der Waals surface area contributed by atoms with Gasteiger partial charge in [0.15, 0.2) is 12.6 Å². The van der Waals surface area contributed by atoms with E-state index in [1.54, 1.807) is 6.07 Å². The van der Waals surface area contributed by atoms with Crippen molar-refractivity contribution in [3.8, 4) is 5.75 Å². The van der Waals surface area contributed by atoms with Crippen LogP contribution in [0, 0.1) is 13.8 Å². The van der Waals surface area contributed by atoms with Gasteiger partial charge in [-0.3, -0.25) is 4.79 Å². The second-order valence-corrected chi connectivity index (χ2v) is 5.05. The number of morpholine rings is 1. The molecule has 6 nitrogen and oxygen atoms in total. The average Bonchev–Trinajstić information content (AvgIpc) is 2.48. The Labute approximate surface area is 123 Å². The van der Waals surface area contributed by atoms with E-state index in [0.717, 1.165) is 11.1 Å². The number of amides is 1. The van der Waals surface area contributed by atoms with Gasteiger partial charge < -0.3 is 19.5 Å². The predicted octanol–water partition coefficient (Wildman–Crippen LogP) is 0.994. The Balaban J connectivity index is 1.96. The lowest BCUT2D eigenvalue weighted by molar-refractivity contribution is -0.159. The second-order valence-electron chi connectivity index (χ2n) is 5.05. The number of hydrogen-bond donors (Lipinski definition) is 1. The fourth-order valence-electron chi connectivity index (χ4n) is 2.14. The Kier molecular flexibility index (Phi) is 4.80. The summed E-state index contributed by atoms with van der Waals surface area (Å²) in [5, 5.41) is 9.10. The van der Waals surface area contributed by atoms with Gasteiger partial charge in [0.2, 0.25) is 0 Å². The van der Waals surface area contributed by atoms with Gasteiger partial charge in [-0.05, 0) is 37.1 Å². The number of aliphatic carboxylic acids is 1. The van der Waals surface area contributed by atoms with E-state index < -0.39 is 12.0 Å². The molecule has 1 atom stereocenters. The van der Waals surface area contributed by atoms with Gasteiger partial charge in [-0.25, -0.2) is 4.79 Å². The zero-order valence-electron chi connectivity index (χ0n) is 12.2. The molecular weight excluding hydrogens is 274 g/mol. The molecule has 0 unspecified atom stereocenters. The minimum Gasteiger partial charge on any atom is -0.484 e. The van der Waals surface area contributed by atoms with Crippen molar-refractivity contribution >= 4 is 11.9 Å². The predicted molar refractivity (Wildman–Crippen MR) is 75.4 cm³/mol. The number of carbonyl (C=O) groups excluding carboxylic acids is 1. The number of carboxylic acids is 1. The maximum Gasteiger partial charge on any atom is 0.328 e. The number of benzene rings is 1. The van der Waals surface area contributed by atoms with Crippen molar-refractivity contribution in [1.29, 1.82) is 0 Å². The van der Waals surface area contributed by atoms with Crippen molar-refractivity contribution in [1.82, 2.24) is 4.90 Å². The fourth-order valence-corrected chi connectivity index (χ4v) is 2.14. The van der Waals surface area contributed by atoms with Gasteiger partial charge in [-0.2, -0.15) is 0 Å².